The van der Waals surface area contributed by atoms with E-state index in [0.29, 0.717) is 12.1 Å². The van der Waals surface area contributed by atoms with Crippen LogP contribution in [0.1, 0.15) is 30.7 Å². The normalized spacial score (nSPS) is 21.9. The minimum atomic E-state index is 0.446. The van der Waals surface area contributed by atoms with Crippen molar-refractivity contribution in [3.63, 3.8) is 0 Å². The van der Waals surface area contributed by atoms with Crippen LogP contribution in [-0.2, 0) is 18.2 Å². The van der Waals surface area contributed by atoms with Gasteiger partial charge in [0.25, 0.3) is 0 Å². The zero-order valence-corrected chi connectivity index (χ0v) is 11.1. The number of nitrogens with zero attached hydrogens (tertiary/aromatic N) is 2. The topological polar surface area (TPSA) is 39.1 Å². The number of likely N-dealkylation sites (N-methyl/N-ethyl adjacent to an activating group) is 1. The summed E-state index contributed by atoms with van der Waals surface area (Å²) in [6.07, 6.45) is 4.99. The van der Waals surface area contributed by atoms with Crippen molar-refractivity contribution in [2.45, 2.75) is 44.8 Å². The number of aryl methyl sites for hydroxylation is 2. The standard InChI is InChI=1S/C13H23N3O/c1-10-7-12(16(3)15-10)8-11(14-2)9-13-5-4-6-17-13/h7,11,13-14H,4-6,8-9H2,1-3H3. The molecule has 1 N–H and O–H groups in total. The summed E-state index contributed by atoms with van der Waals surface area (Å²) in [4.78, 5) is 0. The number of ether oxygens (including phenoxy) is 1. The third-order valence-corrected chi connectivity index (χ3v) is 3.53. The molecule has 1 aromatic heterocycles. The second kappa shape index (κ2) is 5.65. The predicted molar refractivity (Wildman–Crippen MR) is 68.1 cm³/mol. The maximum Gasteiger partial charge on any atom is 0.0596 e. The van der Waals surface area contributed by atoms with Crippen LogP contribution in [0.5, 0.6) is 0 Å². The fraction of sp³-hybridized carbons (Fsp3) is 0.769. The second-order valence-electron chi connectivity index (χ2n) is 4.96. The van der Waals surface area contributed by atoms with Gasteiger partial charge in [0.15, 0.2) is 0 Å². The van der Waals surface area contributed by atoms with Crippen LogP contribution in [0.4, 0.5) is 0 Å². The van der Waals surface area contributed by atoms with Gasteiger partial charge in [-0.3, -0.25) is 4.68 Å². The Labute approximate surface area is 103 Å². The van der Waals surface area contributed by atoms with Crippen LogP contribution in [0.15, 0.2) is 6.07 Å². The summed E-state index contributed by atoms with van der Waals surface area (Å²) >= 11 is 0. The van der Waals surface area contributed by atoms with Crippen molar-refractivity contribution in [2.24, 2.45) is 7.05 Å². The molecule has 2 heterocycles. The smallest absolute Gasteiger partial charge is 0.0596 e. The first-order valence-corrected chi connectivity index (χ1v) is 6.47. The molecule has 0 aliphatic carbocycles. The maximum atomic E-state index is 5.70. The van der Waals surface area contributed by atoms with E-state index in [9.17, 15) is 0 Å². The summed E-state index contributed by atoms with van der Waals surface area (Å²) in [6, 6.07) is 2.65. The first-order chi connectivity index (χ1) is 8.19. The van der Waals surface area contributed by atoms with E-state index in [4.69, 9.17) is 4.74 Å². The van der Waals surface area contributed by atoms with Crippen LogP contribution in [-0.4, -0.2) is 35.6 Å². The first kappa shape index (κ1) is 12.6. The zero-order valence-electron chi connectivity index (χ0n) is 11.1. The lowest BCUT2D eigenvalue weighted by Gasteiger charge is -2.19. The summed E-state index contributed by atoms with van der Waals surface area (Å²) in [7, 11) is 4.05. The minimum absolute atomic E-state index is 0.446. The SMILES string of the molecule is CNC(Cc1cc(C)nn1C)CC1CCCO1. The molecule has 1 saturated heterocycles. The maximum absolute atomic E-state index is 5.70. The van der Waals surface area contributed by atoms with Crippen molar-refractivity contribution in [2.75, 3.05) is 13.7 Å². The first-order valence-electron chi connectivity index (χ1n) is 6.47. The van der Waals surface area contributed by atoms with E-state index in [0.717, 1.165) is 25.1 Å². The summed E-state index contributed by atoms with van der Waals surface area (Å²) in [6.45, 7) is 2.98. The van der Waals surface area contributed by atoms with Gasteiger partial charge in [0.05, 0.1) is 11.8 Å². The van der Waals surface area contributed by atoms with Gasteiger partial charge in [0.1, 0.15) is 0 Å². The molecule has 0 saturated carbocycles. The fourth-order valence-corrected chi connectivity index (χ4v) is 2.56. The minimum Gasteiger partial charge on any atom is -0.378 e. The van der Waals surface area contributed by atoms with E-state index in [1.807, 2.05) is 25.7 Å². The molecule has 2 rings (SSSR count). The van der Waals surface area contributed by atoms with Crippen LogP contribution < -0.4 is 5.32 Å². The van der Waals surface area contributed by atoms with E-state index >= 15 is 0 Å². The quantitative estimate of drug-likeness (QED) is 0.842. The second-order valence-corrected chi connectivity index (χ2v) is 4.96. The fourth-order valence-electron chi connectivity index (χ4n) is 2.56. The monoisotopic (exact) mass is 237 g/mol. The molecule has 0 spiro atoms. The molecule has 2 atom stereocenters. The lowest BCUT2D eigenvalue weighted by atomic mass is 10.0. The number of rotatable bonds is 5. The van der Waals surface area contributed by atoms with Gasteiger partial charge in [0.2, 0.25) is 0 Å². The Kier molecular flexibility index (Phi) is 4.18. The molecule has 0 amide bonds. The van der Waals surface area contributed by atoms with E-state index in [1.165, 1.54) is 18.5 Å². The zero-order chi connectivity index (χ0) is 12.3. The number of nitrogens with one attached hydrogen (secondary N) is 1. The molecular formula is C13H23N3O. The average Bonchev–Trinajstić information content (AvgIpc) is 2.88. The molecule has 96 valence electrons. The Balaban J connectivity index is 1.92. The third kappa shape index (κ3) is 3.30. The number of aromatic nitrogens is 2. The van der Waals surface area contributed by atoms with Crippen molar-refractivity contribution in [3.8, 4) is 0 Å². The predicted octanol–water partition coefficient (Wildman–Crippen LogP) is 1.43. The van der Waals surface area contributed by atoms with Gasteiger partial charge in [0, 0.05) is 31.8 Å². The lowest BCUT2D eigenvalue weighted by molar-refractivity contribution is 0.0952. The molecule has 0 bridgehead atoms. The van der Waals surface area contributed by atoms with Crippen LogP contribution in [0.25, 0.3) is 0 Å². The Morgan fingerprint density at radius 2 is 2.47 bits per heavy atom. The number of hydrogen-bond donors (Lipinski definition) is 1. The largest absolute Gasteiger partial charge is 0.378 e. The Hall–Kier alpha value is -0.870. The molecule has 0 radical (unpaired) electrons. The Morgan fingerprint density at radius 3 is 3.00 bits per heavy atom. The van der Waals surface area contributed by atoms with Gasteiger partial charge in [-0.05, 0) is 39.3 Å². The molecule has 1 aliphatic heterocycles. The molecule has 4 nitrogen and oxygen atoms in total. The van der Waals surface area contributed by atoms with Crippen molar-refractivity contribution in [1.29, 1.82) is 0 Å². The van der Waals surface area contributed by atoms with E-state index in [-0.39, 0.29) is 0 Å². The highest BCUT2D eigenvalue weighted by atomic mass is 16.5. The summed E-state index contributed by atoms with van der Waals surface area (Å²) in [5, 5.41) is 7.78. The highest BCUT2D eigenvalue weighted by molar-refractivity contribution is 5.10. The molecule has 17 heavy (non-hydrogen) atoms. The van der Waals surface area contributed by atoms with Crippen molar-refractivity contribution >= 4 is 0 Å². The Morgan fingerprint density at radius 1 is 1.65 bits per heavy atom. The Bertz CT molecular complexity index is 356. The molecule has 1 aromatic rings. The van der Waals surface area contributed by atoms with Crippen LogP contribution in [0, 0.1) is 6.92 Å². The van der Waals surface area contributed by atoms with Gasteiger partial charge < -0.3 is 10.1 Å². The molecule has 1 fully saturated rings. The summed E-state index contributed by atoms with van der Waals surface area (Å²) < 4.78 is 7.68. The van der Waals surface area contributed by atoms with Gasteiger partial charge in [-0.25, -0.2) is 0 Å². The van der Waals surface area contributed by atoms with Crippen LogP contribution in [0.3, 0.4) is 0 Å². The van der Waals surface area contributed by atoms with Crippen LogP contribution in [0.2, 0.25) is 0 Å². The van der Waals surface area contributed by atoms with Crippen LogP contribution >= 0.6 is 0 Å². The van der Waals surface area contributed by atoms with Gasteiger partial charge in [-0.15, -0.1) is 0 Å². The van der Waals surface area contributed by atoms with E-state index < -0.39 is 0 Å². The van der Waals surface area contributed by atoms with Gasteiger partial charge in [-0.1, -0.05) is 0 Å². The number of hydrogen-bond acceptors (Lipinski definition) is 3. The summed E-state index contributed by atoms with van der Waals surface area (Å²) in [5.74, 6) is 0. The van der Waals surface area contributed by atoms with E-state index in [1.54, 1.807) is 0 Å². The highest BCUT2D eigenvalue weighted by Crippen LogP contribution is 2.18. The van der Waals surface area contributed by atoms with Gasteiger partial charge >= 0.3 is 0 Å². The molecule has 4 heteroatoms. The van der Waals surface area contributed by atoms with Crippen molar-refractivity contribution in [3.05, 3.63) is 17.5 Å². The average molecular weight is 237 g/mol. The lowest BCUT2D eigenvalue weighted by Crippen LogP contribution is -2.32. The third-order valence-electron chi connectivity index (χ3n) is 3.53. The van der Waals surface area contributed by atoms with Crippen molar-refractivity contribution < 1.29 is 4.74 Å². The summed E-state index contributed by atoms with van der Waals surface area (Å²) in [5.41, 5.74) is 2.38. The van der Waals surface area contributed by atoms with E-state index in [2.05, 4.69) is 16.5 Å². The van der Waals surface area contributed by atoms with Crippen molar-refractivity contribution in [1.82, 2.24) is 15.1 Å². The molecule has 0 aromatic carbocycles. The molecule has 2 unspecified atom stereocenters. The van der Waals surface area contributed by atoms with Gasteiger partial charge in [-0.2, -0.15) is 5.10 Å². The molecule has 1 aliphatic rings. The highest BCUT2D eigenvalue weighted by Gasteiger charge is 2.20. The molecular weight excluding hydrogens is 214 g/mol.